The van der Waals surface area contributed by atoms with Crippen LogP contribution in [0, 0.1) is 5.92 Å². The van der Waals surface area contributed by atoms with E-state index in [-0.39, 0.29) is 30.0 Å². The van der Waals surface area contributed by atoms with Gasteiger partial charge < -0.3 is 20.3 Å². The van der Waals surface area contributed by atoms with Crippen LogP contribution in [0.4, 0.5) is 4.79 Å². The van der Waals surface area contributed by atoms with E-state index in [2.05, 4.69) is 17.6 Å². The average Bonchev–Trinajstić information content (AvgIpc) is 2.86. The van der Waals surface area contributed by atoms with Gasteiger partial charge in [-0.25, -0.2) is 4.79 Å². The number of carbonyl (C=O) groups is 2. The van der Waals surface area contributed by atoms with Crippen LogP contribution in [0.2, 0.25) is 0 Å². The summed E-state index contributed by atoms with van der Waals surface area (Å²) in [5.41, 5.74) is 0. The van der Waals surface area contributed by atoms with Crippen LogP contribution in [0.25, 0.3) is 0 Å². The molecule has 2 atom stereocenters. The molecule has 2 heterocycles. The van der Waals surface area contributed by atoms with Crippen molar-refractivity contribution in [1.82, 2.24) is 15.5 Å². The molecule has 0 aromatic heterocycles. The van der Waals surface area contributed by atoms with Crippen molar-refractivity contribution in [2.45, 2.75) is 45.2 Å². The van der Waals surface area contributed by atoms with Gasteiger partial charge in [0.1, 0.15) is 0 Å². The van der Waals surface area contributed by atoms with Crippen LogP contribution in [0.1, 0.15) is 33.1 Å². The summed E-state index contributed by atoms with van der Waals surface area (Å²) in [4.78, 5) is 25.5. The maximum atomic E-state index is 12.2. The zero-order chi connectivity index (χ0) is 14.5. The fraction of sp³-hybridized carbons (Fsp3) is 0.857. The highest BCUT2D eigenvalue weighted by Gasteiger charge is 2.31. The number of hydrogen-bond acceptors (Lipinski definition) is 4. The highest BCUT2D eigenvalue weighted by molar-refractivity contribution is 5.80. The first-order valence-corrected chi connectivity index (χ1v) is 7.57. The number of nitrogens with one attached hydrogen (secondary N) is 2. The number of nitrogens with zero attached hydrogens (tertiary/aromatic N) is 1. The molecule has 2 rings (SSSR count). The Hall–Kier alpha value is -1.30. The molecule has 0 radical (unpaired) electrons. The monoisotopic (exact) mass is 283 g/mol. The van der Waals surface area contributed by atoms with Crippen LogP contribution in [0.5, 0.6) is 0 Å². The Bertz CT molecular complexity index is 354. The van der Waals surface area contributed by atoms with Crippen LogP contribution in [-0.2, 0) is 9.53 Å². The maximum Gasteiger partial charge on any atom is 0.409 e. The third kappa shape index (κ3) is 3.62. The molecule has 2 amide bonds. The zero-order valence-corrected chi connectivity index (χ0v) is 12.4. The first-order valence-electron chi connectivity index (χ1n) is 7.57. The summed E-state index contributed by atoms with van der Waals surface area (Å²) in [5.74, 6) is 0.232. The zero-order valence-electron chi connectivity index (χ0n) is 12.4. The van der Waals surface area contributed by atoms with E-state index in [1.807, 2.05) is 6.92 Å². The molecule has 20 heavy (non-hydrogen) atoms. The summed E-state index contributed by atoms with van der Waals surface area (Å²) >= 11 is 0. The van der Waals surface area contributed by atoms with Gasteiger partial charge in [0.15, 0.2) is 0 Å². The number of piperidine rings is 1. The van der Waals surface area contributed by atoms with Gasteiger partial charge in [0.25, 0.3) is 0 Å². The van der Waals surface area contributed by atoms with Crippen LogP contribution in [0.15, 0.2) is 0 Å². The fourth-order valence-corrected chi connectivity index (χ4v) is 2.95. The summed E-state index contributed by atoms with van der Waals surface area (Å²) in [5, 5.41) is 6.42. The number of rotatable bonds is 3. The van der Waals surface area contributed by atoms with Gasteiger partial charge in [0, 0.05) is 25.2 Å². The van der Waals surface area contributed by atoms with Crippen LogP contribution in [0.3, 0.4) is 0 Å². The molecule has 6 nitrogen and oxygen atoms in total. The first-order chi connectivity index (χ1) is 9.61. The second-order valence-electron chi connectivity index (χ2n) is 5.61. The molecular formula is C14H25N3O3. The number of hydrogen-bond donors (Lipinski definition) is 2. The highest BCUT2D eigenvalue weighted by Crippen LogP contribution is 2.17. The standard InChI is InChI=1S/C14H25N3O3/c1-3-20-14(19)17-8-5-11(6-9-17)16-13(18)12-4-7-15-10(12)2/h10-12,15H,3-9H2,1-2H3,(H,16,18). The number of ether oxygens (including phenoxy) is 1. The van der Waals surface area contributed by atoms with Crippen LogP contribution >= 0.6 is 0 Å². The number of amides is 2. The van der Waals surface area contributed by atoms with Gasteiger partial charge in [-0.15, -0.1) is 0 Å². The Morgan fingerprint density at radius 2 is 2.00 bits per heavy atom. The topological polar surface area (TPSA) is 70.7 Å². The van der Waals surface area contributed by atoms with Gasteiger partial charge in [-0.2, -0.15) is 0 Å². The molecule has 2 aliphatic heterocycles. The van der Waals surface area contributed by atoms with Crippen LogP contribution < -0.4 is 10.6 Å². The van der Waals surface area contributed by atoms with E-state index in [0.29, 0.717) is 19.7 Å². The Balaban J connectivity index is 1.74. The number of carbonyl (C=O) groups excluding carboxylic acids is 2. The minimum absolute atomic E-state index is 0.0816. The smallest absolute Gasteiger partial charge is 0.409 e. The quantitative estimate of drug-likeness (QED) is 0.801. The Kier molecular flexibility index (Phi) is 5.23. The van der Waals surface area contributed by atoms with E-state index < -0.39 is 0 Å². The molecule has 2 fully saturated rings. The maximum absolute atomic E-state index is 12.2. The van der Waals surface area contributed by atoms with Gasteiger partial charge in [0.05, 0.1) is 12.5 Å². The highest BCUT2D eigenvalue weighted by atomic mass is 16.6. The third-order valence-corrected chi connectivity index (χ3v) is 4.23. The van der Waals surface area contributed by atoms with Gasteiger partial charge in [-0.1, -0.05) is 0 Å². The van der Waals surface area contributed by atoms with Crippen LogP contribution in [-0.4, -0.2) is 55.2 Å². The Labute approximate surface area is 120 Å². The molecule has 2 N–H and O–H groups in total. The van der Waals surface area contributed by atoms with Crippen molar-refractivity contribution >= 4 is 12.0 Å². The lowest BCUT2D eigenvalue weighted by atomic mass is 9.99. The Morgan fingerprint density at radius 3 is 2.55 bits per heavy atom. The summed E-state index contributed by atoms with van der Waals surface area (Å²) in [6.45, 7) is 6.50. The van der Waals surface area contributed by atoms with E-state index in [9.17, 15) is 9.59 Å². The molecule has 2 aliphatic rings. The van der Waals surface area contributed by atoms with Crippen molar-refractivity contribution in [2.75, 3.05) is 26.2 Å². The minimum Gasteiger partial charge on any atom is -0.450 e. The normalized spacial score (nSPS) is 27.4. The van der Waals surface area contributed by atoms with E-state index in [1.54, 1.807) is 4.90 Å². The van der Waals surface area contributed by atoms with Crippen molar-refractivity contribution in [3.63, 3.8) is 0 Å². The fourth-order valence-electron chi connectivity index (χ4n) is 2.95. The largest absolute Gasteiger partial charge is 0.450 e. The van der Waals surface area contributed by atoms with Gasteiger partial charge >= 0.3 is 6.09 Å². The lowest BCUT2D eigenvalue weighted by Crippen LogP contribution is -2.49. The molecule has 0 aromatic rings. The van der Waals surface area contributed by atoms with Gasteiger partial charge in [-0.3, -0.25) is 4.79 Å². The molecule has 6 heteroatoms. The molecular weight excluding hydrogens is 258 g/mol. The molecule has 0 bridgehead atoms. The molecule has 0 aliphatic carbocycles. The summed E-state index contributed by atoms with van der Waals surface area (Å²) in [6, 6.07) is 0.440. The average molecular weight is 283 g/mol. The van der Waals surface area contributed by atoms with Crippen molar-refractivity contribution in [3.8, 4) is 0 Å². The lowest BCUT2D eigenvalue weighted by Gasteiger charge is -2.32. The van der Waals surface area contributed by atoms with Gasteiger partial charge in [-0.05, 0) is 39.7 Å². The number of likely N-dealkylation sites (tertiary alicyclic amines) is 1. The minimum atomic E-state index is -0.245. The molecule has 0 spiro atoms. The van der Waals surface area contributed by atoms with E-state index in [0.717, 1.165) is 25.8 Å². The molecule has 2 saturated heterocycles. The van der Waals surface area contributed by atoms with Crippen molar-refractivity contribution < 1.29 is 14.3 Å². The predicted octanol–water partition coefficient (Wildman–Crippen LogP) is 0.722. The SMILES string of the molecule is CCOC(=O)N1CCC(NC(=O)C2CCNC2C)CC1. The van der Waals surface area contributed by atoms with E-state index >= 15 is 0 Å². The predicted molar refractivity (Wildman–Crippen MR) is 75.3 cm³/mol. The lowest BCUT2D eigenvalue weighted by molar-refractivity contribution is -0.126. The molecule has 0 aromatic carbocycles. The first kappa shape index (κ1) is 15.1. The van der Waals surface area contributed by atoms with Crippen molar-refractivity contribution in [3.05, 3.63) is 0 Å². The van der Waals surface area contributed by atoms with E-state index in [1.165, 1.54) is 0 Å². The summed E-state index contributed by atoms with van der Waals surface area (Å²) in [6.07, 6.45) is 2.28. The second-order valence-corrected chi connectivity index (χ2v) is 5.61. The van der Waals surface area contributed by atoms with Gasteiger partial charge in [0.2, 0.25) is 5.91 Å². The Morgan fingerprint density at radius 1 is 1.30 bits per heavy atom. The third-order valence-electron chi connectivity index (χ3n) is 4.23. The molecule has 2 unspecified atom stereocenters. The molecule has 114 valence electrons. The van der Waals surface area contributed by atoms with E-state index in [4.69, 9.17) is 4.74 Å². The second kappa shape index (κ2) is 6.92. The molecule has 0 saturated carbocycles. The summed E-state index contributed by atoms with van der Waals surface area (Å²) in [7, 11) is 0. The van der Waals surface area contributed by atoms with Crippen molar-refractivity contribution in [2.24, 2.45) is 5.92 Å². The summed E-state index contributed by atoms with van der Waals surface area (Å²) < 4.78 is 4.98. The van der Waals surface area contributed by atoms with Crippen molar-refractivity contribution in [1.29, 1.82) is 0 Å².